The van der Waals surface area contributed by atoms with E-state index in [0.717, 1.165) is 67.6 Å². The third-order valence-electron chi connectivity index (χ3n) is 7.32. The van der Waals surface area contributed by atoms with Gasteiger partial charge in [-0.3, -0.25) is 0 Å². The van der Waals surface area contributed by atoms with Gasteiger partial charge in [-0.15, -0.1) is 0 Å². The number of H-pyrrole nitrogens is 2. The number of aromatic nitrogens is 4. The Hall–Kier alpha value is -6.24. The summed E-state index contributed by atoms with van der Waals surface area (Å²) in [5.74, 6) is 16.5. The fraction of sp³-hybridized carbons (Fsp3) is 0.0526. The first-order valence-electron chi connectivity index (χ1n) is 14.1. The molecular weight excluding hydrogens is 544 g/mol. The molecule has 0 radical (unpaired) electrons. The van der Waals surface area contributed by atoms with Crippen LogP contribution in [-0.2, 0) is 0 Å². The minimum atomic E-state index is 0.711. The zero-order chi connectivity index (χ0) is 29.9. The molecule has 0 aliphatic carbocycles. The number of methoxy groups -OCH3 is 2. The lowest BCUT2D eigenvalue weighted by atomic mass is 10.0. The van der Waals surface area contributed by atoms with Gasteiger partial charge >= 0.3 is 0 Å². The molecule has 44 heavy (non-hydrogen) atoms. The molecule has 2 heterocycles. The maximum atomic E-state index is 5.32. The second kappa shape index (κ2) is 11.6. The summed E-state index contributed by atoms with van der Waals surface area (Å²) in [6.07, 6.45) is 0. The third-order valence-corrected chi connectivity index (χ3v) is 7.32. The molecule has 0 bridgehead atoms. The number of rotatable bonds is 4. The standard InChI is InChI=1S/C38H26N4O2/c1-43-29-19-13-25(14-20-29)17-23-31-33-35(41-37(39-33)27-9-5-3-6-10-27)32(24-18-26-15-21-30(44-2)22-16-26)36-34(31)40-38(42-36)28-11-7-4-8-12-28/h3-16,19-22H,1-2H3,(H,39,41)(H,40,42). The minimum absolute atomic E-state index is 0.711. The number of benzene rings is 5. The average molecular weight is 571 g/mol. The minimum Gasteiger partial charge on any atom is -0.497 e. The number of fused-ring (bicyclic) bond motifs is 2. The number of ether oxygens (including phenoxy) is 2. The van der Waals surface area contributed by atoms with Gasteiger partial charge in [-0.05, 0) is 48.5 Å². The van der Waals surface area contributed by atoms with E-state index >= 15 is 0 Å². The molecule has 0 fully saturated rings. The summed E-state index contributed by atoms with van der Waals surface area (Å²) in [7, 11) is 3.30. The zero-order valence-electron chi connectivity index (χ0n) is 24.1. The summed E-state index contributed by atoms with van der Waals surface area (Å²) in [5, 5.41) is 0. The van der Waals surface area contributed by atoms with Crippen LogP contribution < -0.4 is 9.47 Å². The summed E-state index contributed by atoms with van der Waals surface area (Å²) in [6, 6.07) is 35.4. The maximum absolute atomic E-state index is 5.32. The Morgan fingerprint density at radius 1 is 0.477 bits per heavy atom. The van der Waals surface area contributed by atoms with E-state index < -0.39 is 0 Å². The lowest BCUT2D eigenvalue weighted by molar-refractivity contribution is 0.414. The third kappa shape index (κ3) is 5.13. The van der Waals surface area contributed by atoms with Gasteiger partial charge in [-0.2, -0.15) is 0 Å². The van der Waals surface area contributed by atoms with Crippen LogP contribution in [0.4, 0.5) is 0 Å². The summed E-state index contributed by atoms with van der Waals surface area (Å²) in [6.45, 7) is 0. The number of nitrogens with one attached hydrogen (secondary N) is 2. The van der Waals surface area contributed by atoms with Gasteiger partial charge in [-0.25, -0.2) is 9.97 Å². The quantitative estimate of drug-likeness (QED) is 0.214. The van der Waals surface area contributed by atoms with Gasteiger partial charge in [0.1, 0.15) is 34.2 Å². The highest BCUT2D eigenvalue weighted by Crippen LogP contribution is 2.34. The van der Waals surface area contributed by atoms with Crippen molar-refractivity contribution in [3.8, 4) is 58.0 Å². The Balaban J connectivity index is 1.50. The van der Waals surface area contributed by atoms with Crippen molar-refractivity contribution in [2.75, 3.05) is 14.2 Å². The van der Waals surface area contributed by atoms with Crippen LogP contribution in [0.1, 0.15) is 22.3 Å². The lowest BCUT2D eigenvalue weighted by Gasteiger charge is -2.02. The van der Waals surface area contributed by atoms with Crippen LogP contribution in [0.5, 0.6) is 11.5 Å². The first kappa shape index (κ1) is 26.6. The van der Waals surface area contributed by atoms with Crippen molar-refractivity contribution in [1.29, 1.82) is 0 Å². The smallest absolute Gasteiger partial charge is 0.138 e. The molecule has 0 amide bonds. The van der Waals surface area contributed by atoms with Crippen molar-refractivity contribution in [2.45, 2.75) is 0 Å². The Bertz CT molecular complexity index is 2010. The number of nitrogens with zero attached hydrogens (tertiary/aromatic N) is 2. The summed E-state index contributed by atoms with van der Waals surface area (Å²) in [5.41, 5.74) is 8.14. The molecule has 2 N–H and O–H groups in total. The van der Waals surface area contributed by atoms with Crippen molar-refractivity contribution in [1.82, 2.24) is 19.9 Å². The summed E-state index contributed by atoms with van der Waals surface area (Å²) >= 11 is 0. The molecule has 0 aliphatic rings. The van der Waals surface area contributed by atoms with E-state index in [1.165, 1.54) is 0 Å². The maximum Gasteiger partial charge on any atom is 0.138 e. The highest BCUT2D eigenvalue weighted by atomic mass is 16.5. The summed E-state index contributed by atoms with van der Waals surface area (Å²) in [4.78, 5) is 17.3. The van der Waals surface area contributed by atoms with E-state index in [-0.39, 0.29) is 0 Å². The molecule has 0 atom stereocenters. The molecule has 0 saturated heterocycles. The Morgan fingerprint density at radius 3 is 1.30 bits per heavy atom. The molecule has 7 rings (SSSR count). The molecular formula is C38H26N4O2. The van der Waals surface area contributed by atoms with Gasteiger partial charge in [0.25, 0.3) is 0 Å². The molecule has 0 unspecified atom stereocenters. The molecule has 210 valence electrons. The molecule has 0 saturated carbocycles. The zero-order valence-corrected chi connectivity index (χ0v) is 24.1. The van der Waals surface area contributed by atoms with Crippen LogP contribution in [0.3, 0.4) is 0 Å². The monoisotopic (exact) mass is 570 g/mol. The first-order chi connectivity index (χ1) is 21.7. The highest BCUT2D eigenvalue weighted by molar-refractivity contribution is 6.06. The van der Waals surface area contributed by atoms with E-state index in [0.29, 0.717) is 11.0 Å². The van der Waals surface area contributed by atoms with Gasteiger partial charge in [0.05, 0.1) is 36.4 Å². The van der Waals surface area contributed by atoms with E-state index in [2.05, 4.69) is 33.6 Å². The second-order valence-corrected chi connectivity index (χ2v) is 10.1. The lowest BCUT2D eigenvalue weighted by Crippen LogP contribution is -1.90. The van der Waals surface area contributed by atoms with Crippen molar-refractivity contribution in [3.63, 3.8) is 0 Å². The van der Waals surface area contributed by atoms with Crippen molar-refractivity contribution < 1.29 is 9.47 Å². The van der Waals surface area contributed by atoms with Crippen LogP contribution in [0.15, 0.2) is 109 Å². The fourth-order valence-corrected chi connectivity index (χ4v) is 5.03. The number of hydrogen-bond acceptors (Lipinski definition) is 4. The molecule has 0 spiro atoms. The fourth-order valence-electron chi connectivity index (χ4n) is 5.03. The van der Waals surface area contributed by atoms with Crippen molar-refractivity contribution >= 4 is 22.1 Å². The second-order valence-electron chi connectivity index (χ2n) is 10.1. The molecule has 6 nitrogen and oxygen atoms in total. The van der Waals surface area contributed by atoms with Crippen LogP contribution in [0.25, 0.3) is 44.8 Å². The van der Waals surface area contributed by atoms with E-state index in [1.54, 1.807) is 14.2 Å². The predicted molar refractivity (Wildman–Crippen MR) is 175 cm³/mol. The number of imidazole rings is 2. The number of aromatic amines is 2. The van der Waals surface area contributed by atoms with E-state index in [1.807, 2.05) is 109 Å². The SMILES string of the molecule is COc1ccc(C#Cc2c3nc(-c4ccccc4)[nH]c3c(C#Cc3ccc(OC)cc3)c3[nH]c(-c4ccccc4)nc23)cc1. The van der Waals surface area contributed by atoms with Crippen LogP contribution in [0, 0.1) is 23.7 Å². The van der Waals surface area contributed by atoms with E-state index in [9.17, 15) is 0 Å². The van der Waals surface area contributed by atoms with Crippen LogP contribution >= 0.6 is 0 Å². The molecule has 7 aromatic rings. The van der Waals surface area contributed by atoms with E-state index in [4.69, 9.17) is 19.4 Å². The molecule has 2 aromatic heterocycles. The molecule has 0 aliphatic heterocycles. The van der Waals surface area contributed by atoms with Gasteiger partial charge in [0, 0.05) is 22.3 Å². The van der Waals surface area contributed by atoms with Crippen molar-refractivity contribution in [2.24, 2.45) is 0 Å². The average Bonchev–Trinajstić information content (AvgIpc) is 3.73. The summed E-state index contributed by atoms with van der Waals surface area (Å²) < 4.78 is 10.6. The number of hydrogen-bond donors (Lipinski definition) is 2. The largest absolute Gasteiger partial charge is 0.497 e. The van der Waals surface area contributed by atoms with Gasteiger partial charge in [-0.1, -0.05) is 84.3 Å². The van der Waals surface area contributed by atoms with Crippen LogP contribution in [0.2, 0.25) is 0 Å². The van der Waals surface area contributed by atoms with Gasteiger partial charge in [0.15, 0.2) is 0 Å². The van der Waals surface area contributed by atoms with Crippen molar-refractivity contribution in [3.05, 3.63) is 131 Å². The Labute approximate surface area is 254 Å². The van der Waals surface area contributed by atoms with Gasteiger partial charge < -0.3 is 19.4 Å². The normalized spacial score (nSPS) is 10.6. The molecule has 5 aromatic carbocycles. The first-order valence-corrected chi connectivity index (χ1v) is 14.1. The topological polar surface area (TPSA) is 75.8 Å². The van der Waals surface area contributed by atoms with Gasteiger partial charge in [0.2, 0.25) is 0 Å². The van der Waals surface area contributed by atoms with Crippen LogP contribution in [-0.4, -0.2) is 34.2 Å². The molecule has 6 heteroatoms. The Kier molecular flexibility index (Phi) is 7.00. The Morgan fingerprint density at radius 2 is 0.886 bits per heavy atom. The predicted octanol–water partition coefficient (Wildman–Crippen LogP) is 7.59. The highest BCUT2D eigenvalue weighted by Gasteiger charge is 2.21.